The number of phenolic OH excluding ortho intramolecular Hbond substituents is 1. The molecule has 2 N–H and O–H groups in total. The van der Waals surface area contributed by atoms with E-state index in [1.165, 1.54) is 35.1 Å². The second-order valence-electron chi connectivity index (χ2n) is 10.5. The van der Waals surface area contributed by atoms with Crippen LogP contribution in [0.2, 0.25) is 0 Å². The van der Waals surface area contributed by atoms with Crippen LogP contribution in [-0.2, 0) is 10.8 Å². The average Bonchev–Trinajstić information content (AvgIpc) is 2.79. The number of rotatable bonds is 4. The lowest BCUT2D eigenvalue weighted by atomic mass is 9.63. The number of anilines is 1. The van der Waals surface area contributed by atoms with Crippen molar-refractivity contribution >= 4 is 23.2 Å². The summed E-state index contributed by atoms with van der Waals surface area (Å²) < 4.78 is 0. The van der Waals surface area contributed by atoms with E-state index in [1.807, 2.05) is 24.3 Å². The van der Waals surface area contributed by atoms with Gasteiger partial charge in [0.15, 0.2) is 0 Å². The van der Waals surface area contributed by atoms with Crippen LogP contribution in [0.5, 0.6) is 5.75 Å². The Morgan fingerprint density at radius 2 is 1.39 bits per heavy atom. The molecule has 0 spiro atoms. The van der Waals surface area contributed by atoms with Gasteiger partial charge in [-0.1, -0.05) is 64.1 Å². The molecule has 0 atom stereocenters. The van der Waals surface area contributed by atoms with Crippen LogP contribution < -0.4 is 5.32 Å². The second kappa shape index (κ2) is 8.55. The van der Waals surface area contributed by atoms with Gasteiger partial charge >= 0.3 is 0 Å². The zero-order valence-corrected chi connectivity index (χ0v) is 20.2. The summed E-state index contributed by atoms with van der Waals surface area (Å²) in [5.41, 5.74) is 8.10. The third-order valence-corrected chi connectivity index (χ3v) is 6.99. The van der Waals surface area contributed by atoms with Crippen LogP contribution in [0.3, 0.4) is 0 Å². The Kier molecular flexibility index (Phi) is 5.92. The van der Waals surface area contributed by atoms with Crippen LogP contribution >= 0.6 is 0 Å². The highest BCUT2D eigenvalue weighted by Crippen LogP contribution is 2.46. The monoisotopic (exact) mass is 439 g/mol. The van der Waals surface area contributed by atoms with Crippen molar-refractivity contribution in [3.8, 4) is 5.75 Å². The predicted molar refractivity (Wildman–Crippen MR) is 138 cm³/mol. The van der Waals surface area contributed by atoms with Crippen LogP contribution in [0.15, 0.2) is 66.7 Å². The van der Waals surface area contributed by atoms with Crippen molar-refractivity contribution in [3.05, 3.63) is 94.5 Å². The van der Waals surface area contributed by atoms with Crippen LogP contribution in [0.4, 0.5) is 5.69 Å². The Morgan fingerprint density at radius 3 is 2.03 bits per heavy atom. The first kappa shape index (κ1) is 22.8. The average molecular weight is 440 g/mol. The number of amides is 1. The van der Waals surface area contributed by atoms with E-state index in [9.17, 15) is 9.90 Å². The second-order valence-corrected chi connectivity index (χ2v) is 10.5. The maximum absolute atomic E-state index is 12.5. The van der Waals surface area contributed by atoms with Gasteiger partial charge in [-0.25, -0.2) is 0 Å². The van der Waals surface area contributed by atoms with Crippen molar-refractivity contribution in [2.24, 2.45) is 0 Å². The minimum atomic E-state index is -0.174. The predicted octanol–water partition coefficient (Wildman–Crippen LogP) is 7.55. The SMILES string of the molecule is C/C(=C\c1ccc(C(=O)Nc2ccc(O)cc2)cc1)c1ccc2c(c1)C(C)(C)CCC2(C)C. The molecule has 0 unspecified atom stereocenters. The first-order valence-corrected chi connectivity index (χ1v) is 11.6. The molecule has 33 heavy (non-hydrogen) atoms. The van der Waals surface area contributed by atoms with Gasteiger partial charge in [0.05, 0.1) is 0 Å². The van der Waals surface area contributed by atoms with Gasteiger partial charge in [-0.3, -0.25) is 4.79 Å². The normalized spacial score (nSPS) is 16.7. The molecule has 0 radical (unpaired) electrons. The molecule has 0 aliphatic heterocycles. The Bertz CT molecular complexity index is 1200. The molecule has 0 bridgehead atoms. The lowest BCUT2D eigenvalue weighted by Gasteiger charge is -2.42. The smallest absolute Gasteiger partial charge is 0.255 e. The summed E-state index contributed by atoms with van der Waals surface area (Å²) >= 11 is 0. The van der Waals surface area contributed by atoms with Crippen LogP contribution in [-0.4, -0.2) is 11.0 Å². The van der Waals surface area contributed by atoms with Crippen molar-refractivity contribution in [3.63, 3.8) is 0 Å². The Labute approximate surface area is 197 Å². The van der Waals surface area contributed by atoms with Crippen LogP contribution in [0.1, 0.15) is 80.1 Å². The molecule has 4 rings (SSSR count). The number of allylic oxidation sites excluding steroid dienone is 1. The third kappa shape index (κ3) is 4.88. The standard InChI is InChI=1S/C30H33NO2/c1-20(23-10-15-26-27(19-23)30(4,5)17-16-29(26,2)3)18-21-6-8-22(9-7-21)28(33)31-24-11-13-25(32)14-12-24/h6-15,18-19,32H,16-17H2,1-5H3,(H,31,33)/b20-18+. The van der Waals surface area contributed by atoms with Crippen molar-refractivity contribution in [1.82, 2.24) is 0 Å². The largest absolute Gasteiger partial charge is 0.508 e. The van der Waals surface area contributed by atoms with Crippen molar-refractivity contribution < 1.29 is 9.90 Å². The molecule has 3 aromatic carbocycles. The van der Waals surface area contributed by atoms with E-state index in [0.29, 0.717) is 11.3 Å². The maximum atomic E-state index is 12.5. The molecule has 3 aromatic rings. The van der Waals surface area contributed by atoms with E-state index in [0.717, 1.165) is 5.56 Å². The van der Waals surface area contributed by atoms with Gasteiger partial charge in [-0.15, -0.1) is 0 Å². The van der Waals surface area contributed by atoms with Gasteiger partial charge in [0.25, 0.3) is 5.91 Å². The van der Waals surface area contributed by atoms with Gasteiger partial charge in [-0.05, 0) is 94.8 Å². The number of nitrogens with one attached hydrogen (secondary N) is 1. The summed E-state index contributed by atoms with van der Waals surface area (Å²) in [5, 5.41) is 12.2. The highest BCUT2D eigenvalue weighted by molar-refractivity contribution is 6.04. The molecule has 170 valence electrons. The van der Waals surface area contributed by atoms with E-state index in [1.54, 1.807) is 24.3 Å². The molecule has 0 heterocycles. The number of carbonyl (C=O) groups is 1. The van der Waals surface area contributed by atoms with Crippen LogP contribution in [0, 0.1) is 0 Å². The topological polar surface area (TPSA) is 49.3 Å². The molecule has 0 saturated carbocycles. The minimum absolute atomic E-state index is 0.172. The maximum Gasteiger partial charge on any atom is 0.255 e. The van der Waals surface area contributed by atoms with E-state index >= 15 is 0 Å². The molecular formula is C30H33NO2. The lowest BCUT2D eigenvalue weighted by Crippen LogP contribution is -2.33. The molecule has 0 aromatic heterocycles. The van der Waals surface area contributed by atoms with E-state index in [-0.39, 0.29) is 22.5 Å². The number of hydrogen-bond acceptors (Lipinski definition) is 2. The van der Waals surface area contributed by atoms with Crippen molar-refractivity contribution in [1.29, 1.82) is 0 Å². The lowest BCUT2D eigenvalue weighted by molar-refractivity contribution is 0.102. The fraction of sp³-hybridized carbons (Fsp3) is 0.300. The first-order chi connectivity index (χ1) is 15.5. The van der Waals surface area contributed by atoms with Crippen molar-refractivity contribution in [2.75, 3.05) is 5.32 Å². The quantitative estimate of drug-likeness (QED) is 0.326. The fourth-order valence-electron chi connectivity index (χ4n) is 4.65. The van der Waals surface area contributed by atoms with E-state index < -0.39 is 0 Å². The van der Waals surface area contributed by atoms with Gasteiger partial charge in [0, 0.05) is 11.3 Å². The Hall–Kier alpha value is -3.33. The number of fused-ring (bicyclic) bond motifs is 1. The first-order valence-electron chi connectivity index (χ1n) is 11.6. The fourth-order valence-corrected chi connectivity index (χ4v) is 4.65. The summed E-state index contributed by atoms with van der Waals surface area (Å²) in [5.74, 6) is -0.00168. The number of benzene rings is 3. The highest BCUT2D eigenvalue weighted by Gasteiger charge is 2.36. The summed E-state index contributed by atoms with van der Waals surface area (Å²) in [6, 6.07) is 21.0. The van der Waals surface area contributed by atoms with Gasteiger partial charge < -0.3 is 10.4 Å². The molecule has 3 nitrogen and oxygen atoms in total. The minimum Gasteiger partial charge on any atom is -0.508 e. The molecule has 0 saturated heterocycles. The van der Waals surface area contributed by atoms with Gasteiger partial charge in [0.1, 0.15) is 5.75 Å². The summed E-state index contributed by atoms with van der Waals surface area (Å²) in [6.45, 7) is 11.6. The number of aromatic hydroxyl groups is 1. The Balaban J connectivity index is 1.53. The molecule has 0 fully saturated rings. The van der Waals surface area contributed by atoms with Gasteiger partial charge in [-0.2, -0.15) is 0 Å². The molecule has 1 aliphatic carbocycles. The van der Waals surface area contributed by atoms with Crippen molar-refractivity contribution in [2.45, 2.75) is 58.3 Å². The zero-order valence-electron chi connectivity index (χ0n) is 20.2. The van der Waals surface area contributed by atoms with Crippen LogP contribution in [0.25, 0.3) is 11.6 Å². The van der Waals surface area contributed by atoms with Gasteiger partial charge in [0.2, 0.25) is 0 Å². The molecule has 1 amide bonds. The number of carbonyl (C=O) groups excluding carboxylic acids is 1. The number of hydrogen-bond donors (Lipinski definition) is 2. The van der Waals surface area contributed by atoms with E-state index in [2.05, 4.69) is 64.2 Å². The molecule has 3 heteroatoms. The summed E-state index contributed by atoms with van der Waals surface area (Å²) in [7, 11) is 0. The zero-order chi connectivity index (χ0) is 23.8. The molecular weight excluding hydrogens is 406 g/mol. The third-order valence-electron chi connectivity index (χ3n) is 6.99. The number of phenols is 1. The Morgan fingerprint density at radius 1 is 0.818 bits per heavy atom. The highest BCUT2D eigenvalue weighted by atomic mass is 16.3. The summed E-state index contributed by atoms with van der Waals surface area (Å²) in [6.07, 6.45) is 4.59. The van der Waals surface area contributed by atoms with E-state index in [4.69, 9.17) is 0 Å². The summed E-state index contributed by atoms with van der Waals surface area (Å²) in [4.78, 5) is 12.5. The molecule has 1 aliphatic rings.